The highest BCUT2D eigenvalue weighted by atomic mass is 16.5. The molecule has 6 nitrogen and oxygen atoms in total. The van der Waals surface area contributed by atoms with Crippen LogP contribution < -0.4 is 5.73 Å². The van der Waals surface area contributed by atoms with Crippen molar-refractivity contribution in [3.05, 3.63) is 0 Å². The number of carbonyl (C=O) groups excluding carboxylic acids is 1. The molecule has 0 bridgehead atoms. The smallest absolute Gasteiger partial charge is 0.323 e. The van der Waals surface area contributed by atoms with E-state index >= 15 is 0 Å². The van der Waals surface area contributed by atoms with Gasteiger partial charge in [0.2, 0.25) is 5.91 Å². The summed E-state index contributed by atoms with van der Waals surface area (Å²) in [5.41, 5.74) is 5.08. The van der Waals surface area contributed by atoms with Crippen LogP contribution in [0.15, 0.2) is 0 Å². The van der Waals surface area contributed by atoms with Crippen molar-refractivity contribution in [1.29, 1.82) is 0 Å². The minimum Gasteiger partial charge on any atom is -0.480 e. The zero-order valence-electron chi connectivity index (χ0n) is 11.2. The Morgan fingerprint density at radius 3 is 2.61 bits per heavy atom. The number of nitrogens with zero attached hydrogens (tertiary/aromatic N) is 1. The van der Waals surface area contributed by atoms with E-state index in [2.05, 4.69) is 0 Å². The zero-order chi connectivity index (χ0) is 13.9. The maximum atomic E-state index is 12.5. The summed E-state index contributed by atoms with van der Waals surface area (Å²) in [6.07, 6.45) is 0.700. The minimum absolute atomic E-state index is 0.127. The van der Waals surface area contributed by atoms with Crippen LogP contribution in [0.5, 0.6) is 0 Å². The predicted molar refractivity (Wildman–Crippen MR) is 66.0 cm³/mol. The first kappa shape index (κ1) is 14.9. The maximum absolute atomic E-state index is 12.5. The van der Waals surface area contributed by atoms with Gasteiger partial charge in [0, 0.05) is 12.1 Å². The van der Waals surface area contributed by atoms with Crippen molar-refractivity contribution in [3.8, 4) is 0 Å². The van der Waals surface area contributed by atoms with Crippen LogP contribution in [-0.2, 0) is 14.3 Å². The fourth-order valence-corrected chi connectivity index (χ4v) is 2.03. The zero-order valence-corrected chi connectivity index (χ0v) is 11.2. The van der Waals surface area contributed by atoms with Gasteiger partial charge in [-0.2, -0.15) is 0 Å². The summed E-state index contributed by atoms with van der Waals surface area (Å²) in [6, 6.07) is -0.511. The highest BCUT2D eigenvalue weighted by molar-refractivity contribution is 5.87. The molecule has 0 saturated carbocycles. The van der Waals surface area contributed by atoms with E-state index in [1.54, 1.807) is 6.92 Å². The summed E-state index contributed by atoms with van der Waals surface area (Å²) in [6.45, 7) is 5.79. The van der Waals surface area contributed by atoms with Gasteiger partial charge in [-0.1, -0.05) is 6.92 Å². The number of carboxylic acid groups (broad SMARTS) is 1. The number of rotatable bonds is 5. The molecule has 0 radical (unpaired) electrons. The monoisotopic (exact) mass is 258 g/mol. The molecular formula is C12H22N2O4. The van der Waals surface area contributed by atoms with Crippen LogP contribution in [0.4, 0.5) is 0 Å². The van der Waals surface area contributed by atoms with Crippen molar-refractivity contribution in [2.75, 3.05) is 19.8 Å². The van der Waals surface area contributed by atoms with Gasteiger partial charge in [-0.05, 0) is 20.3 Å². The summed E-state index contributed by atoms with van der Waals surface area (Å²) in [5.74, 6) is -1.25. The number of hydrogen-bond donors (Lipinski definition) is 2. The number of carbonyl (C=O) groups is 2. The average Bonchev–Trinajstić information content (AvgIpc) is 2.66. The first-order valence-electron chi connectivity index (χ1n) is 6.19. The molecule has 1 amide bonds. The van der Waals surface area contributed by atoms with Gasteiger partial charge in [-0.3, -0.25) is 9.59 Å². The van der Waals surface area contributed by atoms with Gasteiger partial charge in [0.1, 0.15) is 6.54 Å². The Morgan fingerprint density at radius 2 is 2.22 bits per heavy atom. The molecule has 0 aliphatic carbocycles. The number of aliphatic carboxylic acids is 1. The van der Waals surface area contributed by atoms with Crippen LogP contribution in [0, 0.1) is 5.41 Å². The van der Waals surface area contributed by atoms with Crippen LogP contribution in [0.25, 0.3) is 0 Å². The van der Waals surface area contributed by atoms with E-state index in [9.17, 15) is 9.59 Å². The molecule has 1 aliphatic rings. The second-order valence-electron chi connectivity index (χ2n) is 5.12. The highest BCUT2D eigenvalue weighted by Gasteiger charge is 2.47. The van der Waals surface area contributed by atoms with Gasteiger partial charge >= 0.3 is 5.97 Å². The fourth-order valence-electron chi connectivity index (χ4n) is 2.03. The lowest BCUT2D eigenvalue weighted by Crippen LogP contribution is -2.54. The van der Waals surface area contributed by atoms with Gasteiger partial charge in [-0.15, -0.1) is 0 Å². The van der Waals surface area contributed by atoms with Gasteiger partial charge in [0.15, 0.2) is 0 Å². The third kappa shape index (κ3) is 2.81. The van der Waals surface area contributed by atoms with Gasteiger partial charge in [0.05, 0.1) is 18.6 Å². The Balaban J connectivity index is 2.91. The highest BCUT2D eigenvalue weighted by Crippen LogP contribution is 2.30. The largest absolute Gasteiger partial charge is 0.480 e. The molecule has 18 heavy (non-hydrogen) atoms. The van der Waals surface area contributed by atoms with Crippen molar-refractivity contribution >= 4 is 11.9 Å². The first-order valence-corrected chi connectivity index (χ1v) is 6.19. The van der Waals surface area contributed by atoms with E-state index < -0.39 is 11.4 Å². The minimum atomic E-state index is -1.01. The molecule has 1 fully saturated rings. The fraction of sp³-hybridized carbons (Fsp3) is 0.833. The Kier molecular flexibility index (Phi) is 4.70. The average molecular weight is 258 g/mol. The molecule has 3 unspecified atom stereocenters. The van der Waals surface area contributed by atoms with Gasteiger partial charge in [0.25, 0.3) is 0 Å². The summed E-state index contributed by atoms with van der Waals surface area (Å²) >= 11 is 0. The quantitative estimate of drug-likeness (QED) is 0.727. The SMILES string of the molecule is CCC(C)N(CC(=O)O)C(=O)C1(C)COCC1N. The van der Waals surface area contributed by atoms with Gasteiger partial charge < -0.3 is 20.5 Å². The van der Waals surface area contributed by atoms with E-state index in [1.807, 2.05) is 13.8 Å². The lowest BCUT2D eigenvalue weighted by molar-refractivity contribution is -0.151. The molecule has 1 saturated heterocycles. The number of nitrogens with two attached hydrogens (primary N) is 1. The lowest BCUT2D eigenvalue weighted by atomic mass is 9.83. The van der Waals surface area contributed by atoms with Crippen LogP contribution in [0.3, 0.4) is 0 Å². The predicted octanol–water partition coefficient (Wildman–Crippen LogP) is 0.0619. The molecule has 6 heteroatoms. The molecule has 1 heterocycles. The molecular weight excluding hydrogens is 236 g/mol. The normalized spacial score (nSPS) is 29.0. The summed E-state index contributed by atoms with van der Waals surface area (Å²) < 4.78 is 5.24. The molecule has 0 aromatic heterocycles. The third-order valence-electron chi connectivity index (χ3n) is 3.70. The number of ether oxygens (including phenoxy) is 1. The van der Waals surface area contributed by atoms with E-state index in [4.69, 9.17) is 15.6 Å². The molecule has 1 rings (SSSR count). The standard InChI is InChI=1S/C12H22N2O4/c1-4-8(2)14(5-10(15)16)11(17)12(3)7-18-6-9(12)13/h8-9H,4-7,13H2,1-3H3,(H,15,16). The summed E-state index contributed by atoms with van der Waals surface area (Å²) in [5, 5.41) is 8.91. The Labute approximate surface area is 107 Å². The topological polar surface area (TPSA) is 92.9 Å². The Hall–Kier alpha value is -1.14. The summed E-state index contributed by atoms with van der Waals surface area (Å²) in [4.78, 5) is 24.8. The first-order chi connectivity index (χ1) is 8.32. The van der Waals surface area contributed by atoms with Crippen molar-refractivity contribution < 1.29 is 19.4 Å². The Morgan fingerprint density at radius 1 is 1.61 bits per heavy atom. The van der Waals surface area contributed by atoms with Crippen molar-refractivity contribution in [1.82, 2.24) is 4.90 Å². The molecule has 0 spiro atoms. The van der Waals surface area contributed by atoms with Crippen LogP contribution in [0.1, 0.15) is 27.2 Å². The molecule has 1 aliphatic heterocycles. The van der Waals surface area contributed by atoms with Crippen LogP contribution in [-0.4, -0.2) is 53.7 Å². The number of carboxylic acids is 1. The number of hydrogen-bond acceptors (Lipinski definition) is 4. The second kappa shape index (κ2) is 5.67. The van der Waals surface area contributed by atoms with Crippen molar-refractivity contribution in [2.24, 2.45) is 11.1 Å². The maximum Gasteiger partial charge on any atom is 0.323 e. The number of amides is 1. The van der Waals surface area contributed by atoms with E-state index in [-0.39, 0.29) is 31.1 Å². The van der Waals surface area contributed by atoms with E-state index in [0.717, 1.165) is 0 Å². The molecule has 104 valence electrons. The molecule has 0 aromatic rings. The summed E-state index contributed by atoms with van der Waals surface area (Å²) in [7, 11) is 0. The van der Waals surface area contributed by atoms with Crippen molar-refractivity contribution in [3.63, 3.8) is 0 Å². The van der Waals surface area contributed by atoms with E-state index in [0.29, 0.717) is 13.0 Å². The third-order valence-corrected chi connectivity index (χ3v) is 3.70. The van der Waals surface area contributed by atoms with Crippen molar-refractivity contribution in [2.45, 2.75) is 39.3 Å². The lowest BCUT2D eigenvalue weighted by Gasteiger charge is -2.35. The van der Waals surface area contributed by atoms with Gasteiger partial charge in [-0.25, -0.2) is 0 Å². The molecule has 3 N–H and O–H groups in total. The second-order valence-corrected chi connectivity index (χ2v) is 5.12. The molecule has 3 atom stereocenters. The van der Waals surface area contributed by atoms with E-state index in [1.165, 1.54) is 4.90 Å². The Bertz CT molecular complexity index is 334. The van der Waals surface area contributed by atoms with Crippen LogP contribution in [0.2, 0.25) is 0 Å². The van der Waals surface area contributed by atoms with Crippen LogP contribution >= 0.6 is 0 Å². The molecule has 0 aromatic carbocycles.